The molecule has 2 N–H and O–H groups in total. The smallest absolute Gasteiger partial charge is 0.251 e. The Morgan fingerprint density at radius 2 is 1.89 bits per heavy atom. The van der Waals surface area contributed by atoms with E-state index in [1.54, 1.807) is 25.4 Å². The second kappa shape index (κ2) is 6.56. The van der Waals surface area contributed by atoms with Crippen LogP contribution >= 0.6 is 11.8 Å². The zero-order valence-electron chi connectivity index (χ0n) is 11.7. The third-order valence-corrected chi connectivity index (χ3v) is 3.42. The molecule has 0 radical (unpaired) electrons. The fourth-order valence-corrected chi connectivity index (χ4v) is 1.71. The summed E-state index contributed by atoms with van der Waals surface area (Å²) in [6.07, 6.45) is 3.30. The van der Waals surface area contributed by atoms with Crippen molar-refractivity contribution >= 4 is 17.7 Å². The lowest BCUT2D eigenvalue weighted by Gasteiger charge is -2.24. The van der Waals surface area contributed by atoms with Crippen molar-refractivity contribution in [3.05, 3.63) is 30.7 Å². The van der Waals surface area contributed by atoms with Gasteiger partial charge >= 0.3 is 0 Å². The third kappa shape index (κ3) is 5.30. The highest BCUT2D eigenvalue weighted by molar-refractivity contribution is 8.00. The Kier molecular flexibility index (Phi) is 5.35. The molecule has 0 spiro atoms. The molecule has 5 nitrogen and oxygen atoms in total. The maximum Gasteiger partial charge on any atom is 0.251 e. The third-order valence-electron chi connectivity index (χ3n) is 2.44. The van der Waals surface area contributed by atoms with E-state index in [1.165, 1.54) is 11.8 Å². The molecule has 1 unspecified atom stereocenters. The molecule has 19 heavy (non-hydrogen) atoms. The summed E-state index contributed by atoms with van der Waals surface area (Å²) < 4.78 is 0. The Labute approximate surface area is 118 Å². The van der Waals surface area contributed by atoms with Crippen LogP contribution in [0.2, 0.25) is 0 Å². The molecular formula is C13H20N4OS. The number of amides is 1. The summed E-state index contributed by atoms with van der Waals surface area (Å²) in [7, 11) is 0. The zero-order chi connectivity index (χ0) is 14.5. The molecule has 6 heteroatoms. The predicted octanol–water partition coefficient (Wildman–Crippen LogP) is 2.14. The Morgan fingerprint density at radius 1 is 1.32 bits per heavy atom. The van der Waals surface area contributed by atoms with Gasteiger partial charge in [-0.05, 0) is 13.0 Å². The number of carbonyl (C=O) groups is 1. The average molecular weight is 280 g/mol. The molecule has 104 valence electrons. The van der Waals surface area contributed by atoms with Crippen LogP contribution in [0.15, 0.2) is 35.9 Å². The largest absolute Gasteiger partial charge is 0.303 e. The molecule has 1 amide bonds. The summed E-state index contributed by atoms with van der Waals surface area (Å²) in [6, 6.07) is 1.74. The van der Waals surface area contributed by atoms with E-state index in [-0.39, 0.29) is 16.6 Å². The highest BCUT2D eigenvalue weighted by atomic mass is 32.2. The fourth-order valence-electron chi connectivity index (χ4n) is 0.984. The number of allylic oxidation sites excluding steroid dienone is 1. The van der Waals surface area contributed by atoms with Gasteiger partial charge in [-0.25, -0.2) is 9.97 Å². The van der Waals surface area contributed by atoms with Gasteiger partial charge in [-0.3, -0.25) is 10.2 Å². The number of rotatable bonds is 5. The lowest BCUT2D eigenvalue weighted by atomic mass is 9.93. The van der Waals surface area contributed by atoms with Gasteiger partial charge in [0.1, 0.15) is 0 Å². The molecule has 0 aromatic carbocycles. The van der Waals surface area contributed by atoms with Crippen LogP contribution < -0.4 is 10.9 Å². The molecule has 0 aliphatic heterocycles. The van der Waals surface area contributed by atoms with E-state index in [0.717, 1.165) is 5.70 Å². The van der Waals surface area contributed by atoms with Gasteiger partial charge in [0.15, 0.2) is 5.16 Å². The predicted molar refractivity (Wildman–Crippen MR) is 77.2 cm³/mol. The van der Waals surface area contributed by atoms with Gasteiger partial charge in [0.2, 0.25) is 0 Å². The molecule has 1 atom stereocenters. The Bertz CT molecular complexity index is 442. The van der Waals surface area contributed by atoms with Crippen molar-refractivity contribution in [3.8, 4) is 0 Å². The average Bonchev–Trinajstić information content (AvgIpc) is 2.35. The standard InChI is InChI=1S/C13H20N4OS/c1-9(19-12-14-7-6-8-15-12)11(18)17-16-10(2)13(3,4)5/h6-9,16H,2H2,1,3-5H3,(H,17,18). The summed E-state index contributed by atoms with van der Waals surface area (Å²) in [5.41, 5.74) is 6.14. The van der Waals surface area contributed by atoms with Crippen LogP contribution in [0.5, 0.6) is 0 Å². The van der Waals surface area contributed by atoms with Crippen LogP contribution in [0.25, 0.3) is 0 Å². The van der Waals surface area contributed by atoms with E-state index in [0.29, 0.717) is 5.16 Å². The minimum Gasteiger partial charge on any atom is -0.303 e. The van der Waals surface area contributed by atoms with Crippen molar-refractivity contribution in [3.63, 3.8) is 0 Å². The number of aromatic nitrogens is 2. The topological polar surface area (TPSA) is 66.9 Å². The van der Waals surface area contributed by atoms with Crippen LogP contribution in [0, 0.1) is 5.41 Å². The van der Waals surface area contributed by atoms with Crippen molar-refractivity contribution in [2.24, 2.45) is 5.41 Å². The Morgan fingerprint density at radius 3 is 2.42 bits per heavy atom. The quantitative estimate of drug-likeness (QED) is 0.491. The molecular weight excluding hydrogens is 260 g/mol. The van der Waals surface area contributed by atoms with Crippen molar-refractivity contribution < 1.29 is 4.79 Å². The number of thioether (sulfide) groups is 1. The van der Waals surface area contributed by atoms with E-state index >= 15 is 0 Å². The first kappa shape index (κ1) is 15.5. The number of hydrogen-bond acceptors (Lipinski definition) is 5. The Hall–Kier alpha value is -1.56. The van der Waals surface area contributed by atoms with Gasteiger partial charge in [-0.15, -0.1) is 0 Å². The monoisotopic (exact) mass is 280 g/mol. The first-order valence-electron chi connectivity index (χ1n) is 5.99. The lowest BCUT2D eigenvalue weighted by Crippen LogP contribution is -2.43. The first-order chi connectivity index (χ1) is 8.80. The van der Waals surface area contributed by atoms with E-state index < -0.39 is 0 Å². The van der Waals surface area contributed by atoms with Crippen molar-refractivity contribution in [2.45, 2.75) is 38.1 Å². The summed E-state index contributed by atoms with van der Waals surface area (Å²) in [5, 5.41) is 0.294. The highest BCUT2D eigenvalue weighted by Gasteiger charge is 2.18. The molecule has 0 bridgehead atoms. The van der Waals surface area contributed by atoms with Gasteiger partial charge in [-0.2, -0.15) is 0 Å². The van der Waals surface area contributed by atoms with Crippen LogP contribution in [0.1, 0.15) is 27.7 Å². The summed E-state index contributed by atoms with van der Waals surface area (Å²) in [6.45, 7) is 11.7. The maximum atomic E-state index is 11.9. The number of carbonyl (C=O) groups excluding carboxylic acids is 1. The number of hydrogen-bond donors (Lipinski definition) is 2. The summed E-state index contributed by atoms with van der Waals surface area (Å²) >= 11 is 1.31. The van der Waals surface area contributed by atoms with Crippen LogP contribution in [0.4, 0.5) is 0 Å². The maximum absolute atomic E-state index is 11.9. The number of nitrogens with zero attached hydrogens (tertiary/aromatic N) is 2. The fraction of sp³-hybridized carbons (Fsp3) is 0.462. The van der Waals surface area contributed by atoms with Crippen molar-refractivity contribution in [1.29, 1.82) is 0 Å². The van der Waals surface area contributed by atoms with Crippen LogP contribution in [0.3, 0.4) is 0 Å². The zero-order valence-corrected chi connectivity index (χ0v) is 12.5. The van der Waals surface area contributed by atoms with E-state index in [2.05, 4.69) is 27.4 Å². The first-order valence-corrected chi connectivity index (χ1v) is 6.87. The van der Waals surface area contributed by atoms with Gasteiger partial charge < -0.3 is 5.43 Å². The molecule has 1 rings (SSSR count). The molecule has 0 aliphatic rings. The van der Waals surface area contributed by atoms with E-state index in [1.807, 2.05) is 20.8 Å². The molecule has 0 saturated carbocycles. The molecule has 1 heterocycles. The molecule has 0 fully saturated rings. The van der Waals surface area contributed by atoms with Gasteiger partial charge in [0, 0.05) is 23.5 Å². The van der Waals surface area contributed by atoms with Crippen molar-refractivity contribution in [1.82, 2.24) is 20.8 Å². The van der Waals surface area contributed by atoms with Gasteiger partial charge in [0.05, 0.1) is 5.25 Å². The second-order valence-corrected chi connectivity index (χ2v) is 6.44. The molecule has 0 saturated heterocycles. The minimum absolute atomic E-state index is 0.105. The molecule has 1 aromatic rings. The summed E-state index contributed by atoms with van der Waals surface area (Å²) in [4.78, 5) is 20.0. The summed E-state index contributed by atoms with van der Waals surface area (Å²) in [5.74, 6) is -0.136. The molecule has 1 aromatic heterocycles. The van der Waals surface area contributed by atoms with Crippen molar-refractivity contribution in [2.75, 3.05) is 0 Å². The van der Waals surface area contributed by atoms with Gasteiger partial charge in [0.25, 0.3) is 5.91 Å². The highest BCUT2D eigenvalue weighted by Crippen LogP contribution is 2.21. The van der Waals surface area contributed by atoms with E-state index in [9.17, 15) is 4.79 Å². The lowest BCUT2D eigenvalue weighted by molar-refractivity contribution is -0.121. The number of hydrazine groups is 1. The normalized spacial score (nSPS) is 12.6. The van der Waals surface area contributed by atoms with E-state index in [4.69, 9.17) is 0 Å². The number of nitrogens with one attached hydrogen (secondary N) is 2. The van der Waals surface area contributed by atoms with Crippen LogP contribution in [-0.2, 0) is 4.79 Å². The van der Waals surface area contributed by atoms with Crippen LogP contribution in [-0.4, -0.2) is 21.1 Å². The van der Waals surface area contributed by atoms with Gasteiger partial charge in [-0.1, -0.05) is 39.1 Å². The molecule has 0 aliphatic carbocycles. The Balaban J connectivity index is 2.44. The SMILES string of the molecule is C=C(NNC(=O)C(C)Sc1ncccn1)C(C)(C)C. The minimum atomic E-state index is -0.289. The second-order valence-electron chi connectivity index (χ2n) is 5.13.